The number of halogens is 4. The molecule has 1 aliphatic heterocycles. The third kappa shape index (κ3) is 2.36. The van der Waals surface area contributed by atoms with Crippen molar-refractivity contribution in [1.82, 2.24) is 5.32 Å². The maximum atomic E-state index is 13.7. The summed E-state index contributed by atoms with van der Waals surface area (Å²) in [5.41, 5.74) is -0.224. The molecule has 1 N–H and O–H groups in total. The molecular weight excluding hydrogens is 258 g/mol. The summed E-state index contributed by atoms with van der Waals surface area (Å²) in [6, 6.07) is 2.87. The van der Waals surface area contributed by atoms with E-state index >= 15 is 0 Å². The van der Waals surface area contributed by atoms with Crippen LogP contribution in [0.5, 0.6) is 0 Å². The Morgan fingerprint density at radius 3 is 2.68 bits per heavy atom. The van der Waals surface area contributed by atoms with Crippen LogP contribution in [0.3, 0.4) is 0 Å². The second-order valence-electron chi connectivity index (χ2n) is 5.70. The largest absolute Gasteiger partial charge is 0.416 e. The van der Waals surface area contributed by atoms with Crippen molar-refractivity contribution < 1.29 is 17.6 Å². The number of rotatable bonds is 2. The second kappa shape index (κ2) is 4.20. The van der Waals surface area contributed by atoms with Crippen LogP contribution in [0.15, 0.2) is 18.2 Å². The molecule has 2 atom stereocenters. The van der Waals surface area contributed by atoms with E-state index in [4.69, 9.17) is 0 Å². The van der Waals surface area contributed by atoms with Crippen LogP contribution in [-0.4, -0.2) is 13.1 Å². The first-order valence-electron chi connectivity index (χ1n) is 6.47. The fourth-order valence-corrected chi connectivity index (χ4v) is 3.16. The minimum Gasteiger partial charge on any atom is -0.316 e. The molecule has 19 heavy (non-hydrogen) atoms. The maximum absolute atomic E-state index is 13.7. The molecule has 0 aromatic heterocycles. The Morgan fingerprint density at radius 1 is 1.32 bits per heavy atom. The molecule has 5 heteroatoms. The molecule has 104 valence electrons. The lowest BCUT2D eigenvalue weighted by molar-refractivity contribution is -0.137. The van der Waals surface area contributed by atoms with Crippen LogP contribution in [0.4, 0.5) is 17.6 Å². The average molecular weight is 273 g/mol. The van der Waals surface area contributed by atoms with E-state index in [0.29, 0.717) is 24.0 Å². The van der Waals surface area contributed by atoms with Gasteiger partial charge in [-0.15, -0.1) is 0 Å². The fourth-order valence-electron chi connectivity index (χ4n) is 3.16. The van der Waals surface area contributed by atoms with Crippen LogP contribution in [0, 0.1) is 17.2 Å². The zero-order chi connectivity index (χ0) is 13.7. The molecule has 1 saturated heterocycles. The summed E-state index contributed by atoms with van der Waals surface area (Å²) in [5.74, 6) is -0.323. The minimum absolute atomic E-state index is 0.287. The maximum Gasteiger partial charge on any atom is 0.416 e. The van der Waals surface area contributed by atoms with Crippen LogP contribution in [-0.2, 0) is 12.6 Å². The first kappa shape index (κ1) is 12.9. The number of hydrogen-bond donors (Lipinski definition) is 1. The van der Waals surface area contributed by atoms with Crippen LogP contribution in [0.25, 0.3) is 0 Å². The Labute approximate surface area is 109 Å². The topological polar surface area (TPSA) is 12.0 Å². The van der Waals surface area contributed by atoms with Crippen molar-refractivity contribution in [3.63, 3.8) is 0 Å². The zero-order valence-electron chi connectivity index (χ0n) is 10.4. The van der Waals surface area contributed by atoms with Gasteiger partial charge in [-0.25, -0.2) is 4.39 Å². The Bertz CT molecular complexity index is 489. The third-order valence-electron chi connectivity index (χ3n) is 4.48. The van der Waals surface area contributed by atoms with Crippen molar-refractivity contribution in [1.29, 1.82) is 0 Å². The Hall–Kier alpha value is -1.10. The lowest BCUT2D eigenvalue weighted by atomic mass is 9.97. The van der Waals surface area contributed by atoms with Gasteiger partial charge in [0.25, 0.3) is 0 Å². The molecule has 0 bridgehead atoms. The number of alkyl halides is 3. The van der Waals surface area contributed by atoms with Gasteiger partial charge in [0.1, 0.15) is 5.82 Å². The van der Waals surface area contributed by atoms with Crippen LogP contribution in [0.1, 0.15) is 24.0 Å². The van der Waals surface area contributed by atoms with Gasteiger partial charge in [0, 0.05) is 6.54 Å². The Kier molecular flexibility index (Phi) is 2.85. The van der Waals surface area contributed by atoms with E-state index in [2.05, 4.69) is 5.32 Å². The monoisotopic (exact) mass is 273 g/mol. The van der Waals surface area contributed by atoms with Crippen molar-refractivity contribution in [3.05, 3.63) is 35.1 Å². The van der Waals surface area contributed by atoms with Gasteiger partial charge in [0.05, 0.1) is 5.56 Å². The molecule has 2 unspecified atom stereocenters. The van der Waals surface area contributed by atoms with E-state index in [1.807, 2.05) is 0 Å². The summed E-state index contributed by atoms with van der Waals surface area (Å²) >= 11 is 0. The highest BCUT2D eigenvalue weighted by Gasteiger charge is 2.54. The molecular formula is C14H15F4N. The van der Waals surface area contributed by atoms with E-state index < -0.39 is 17.6 Å². The highest BCUT2D eigenvalue weighted by molar-refractivity contribution is 5.28. The van der Waals surface area contributed by atoms with E-state index in [0.717, 1.165) is 32.0 Å². The van der Waals surface area contributed by atoms with Crippen molar-refractivity contribution in [2.45, 2.75) is 25.4 Å². The SMILES string of the molecule is Fc1cc(C(F)(F)F)ccc1CC1CC12CCNC2. The number of nitrogens with one attached hydrogen (secondary N) is 1. The lowest BCUT2D eigenvalue weighted by Crippen LogP contribution is -2.12. The summed E-state index contributed by atoms with van der Waals surface area (Å²) in [6.45, 7) is 1.95. The molecule has 1 aromatic rings. The molecule has 3 rings (SSSR count). The van der Waals surface area contributed by atoms with E-state index in [1.165, 1.54) is 6.07 Å². The first-order chi connectivity index (χ1) is 8.91. The van der Waals surface area contributed by atoms with Crippen molar-refractivity contribution in [2.75, 3.05) is 13.1 Å². The summed E-state index contributed by atoms with van der Waals surface area (Å²) in [7, 11) is 0. The molecule has 1 aliphatic carbocycles. The van der Waals surface area contributed by atoms with Crippen LogP contribution in [0.2, 0.25) is 0 Å². The van der Waals surface area contributed by atoms with E-state index in [-0.39, 0.29) is 5.41 Å². The van der Waals surface area contributed by atoms with Gasteiger partial charge >= 0.3 is 6.18 Å². The highest BCUT2D eigenvalue weighted by Crippen LogP contribution is 2.57. The average Bonchev–Trinajstić information content (AvgIpc) is 2.77. The molecule has 1 aromatic carbocycles. The smallest absolute Gasteiger partial charge is 0.316 e. The van der Waals surface area contributed by atoms with Gasteiger partial charge < -0.3 is 5.32 Å². The predicted octanol–water partition coefficient (Wildman–Crippen LogP) is 3.39. The molecule has 1 nitrogen and oxygen atoms in total. The number of benzene rings is 1. The lowest BCUT2D eigenvalue weighted by Gasteiger charge is -2.10. The first-order valence-corrected chi connectivity index (χ1v) is 6.47. The molecule has 1 spiro atoms. The zero-order valence-corrected chi connectivity index (χ0v) is 10.4. The third-order valence-corrected chi connectivity index (χ3v) is 4.48. The van der Waals surface area contributed by atoms with Crippen LogP contribution < -0.4 is 5.32 Å². The minimum atomic E-state index is -4.48. The highest BCUT2D eigenvalue weighted by atomic mass is 19.4. The van der Waals surface area contributed by atoms with E-state index in [1.54, 1.807) is 0 Å². The van der Waals surface area contributed by atoms with Crippen molar-refractivity contribution >= 4 is 0 Å². The fraction of sp³-hybridized carbons (Fsp3) is 0.571. The summed E-state index contributed by atoms with van der Waals surface area (Å²) in [5, 5.41) is 3.29. The molecule has 0 amide bonds. The summed E-state index contributed by atoms with van der Waals surface area (Å²) in [6.07, 6.45) is -1.78. The van der Waals surface area contributed by atoms with Gasteiger partial charge in [-0.05, 0) is 54.8 Å². The molecule has 2 fully saturated rings. The van der Waals surface area contributed by atoms with E-state index in [9.17, 15) is 17.6 Å². The van der Waals surface area contributed by atoms with Crippen molar-refractivity contribution in [3.8, 4) is 0 Å². The van der Waals surface area contributed by atoms with Gasteiger partial charge in [-0.2, -0.15) is 13.2 Å². The van der Waals surface area contributed by atoms with Crippen molar-refractivity contribution in [2.24, 2.45) is 11.3 Å². The number of hydrogen-bond acceptors (Lipinski definition) is 1. The normalized spacial score (nSPS) is 30.0. The Balaban J connectivity index is 1.73. The van der Waals surface area contributed by atoms with Gasteiger partial charge in [0.15, 0.2) is 0 Å². The van der Waals surface area contributed by atoms with Gasteiger partial charge in [-0.3, -0.25) is 0 Å². The standard InChI is InChI=1S/C14H15F4N/c15-12-6-10(14(16,17)18)2-1-9(12)5-11-7-13(11)3-4-19-8-13/h1-2,6,11,19H,3-5,7-8H2. The van der Waals surface area contributed by atoms with Gasteiger partial charge in [0.2, 0.25) is 0 Å². The molecule has 0 radical (unpaired) electrons. The van der Waals surface area contributed by atoms with Crippen LogP contribution >= 0.6 is 0 Å². The molecule has 1 heterocycles. The summed E-state index contributed by atoms with van der Waals surface area (Å²) < 4.78 is 51.0. The predicted molar refractivity (Wildman–Crippen MR) is 63.1 cm³/mol. The molecule has 2 aliphatic rings. The quantitative estimate of drug-likeness (QED) is 0.814. The Morgan fingerprint density at radius 2 is 2.11 bits per heavy atom. The van der Waals surface area contributed by atoms with Gasteiger partial charge in [-0.1, -0.05) is 6.07 Å². The molecule has 1 saturated carbocycles. The summed E-state index contributed by atoms with van der Waals surface area (Å²) in [4.78, 5) is 0. The second-order valence-corrected chi connectivity index (χ2v) is 5.70.